The predicted molar refractivity (Wildman–Crippen MR) is 124 cm³/mol. The van der Waals surface area contributed by atoms with E-state index in [1.807, 2.05) is 5.57 Å². The molecule has 0 heterocycles. The van der Waals surface area contributed by atoms with Crippen molar-refractivity contribution in [2.45, 2.75) is 105 Å². The van der Waals surface area contributed by atoms with Crippen LogP contribution in [0.15, 0.2) is 22.8 Å². The van der Waals surface area contributed by atoms with Gasteiger partial charge in [0.25, 0.3) is 0 Å². The van der Waals surface area contributed by atoms with Gasteiger partial charge in [0.15, 0.2) is 0 Å². The molecule has 1 heteroatoms. The van der Waals surface area contributed by atoms with E-state index in [0.717, 1.165) is 36.0 Å². The molecule has 0 aromatic rings. The molecule has 29 heavy (non-hydrogen) atoms. The van der Waals surface area contributed by atoms with Crippen molar-refractivity contribution in [2.75, 3.05) is 6.61 Å². The maximum Gasteiger partial charge on any atom is 0.0641 e. The summed E-state index contributed by atoms with van der Waals surface area (Å²) in [6, 6.07) is 0. The van der Waals surface area contributed by atoms with Gasteiger partial charge >= 0.3 is 0 Å². The van der Waals surface area contributed by atoms with Crippen molar-refractivity contribution in [3.05, 3.63) is 22.8 Å². The summed E-state index contributed by atoms with van der Waals surface area (Å²) in [5.74, 6) is 4.41. The van der Waals surface area contributed by atoms with Gasteiger partial charge in [-0.05, 0) is 118 Å². The van der Waals surface area contributed by atoms with Gasteiger partial charge < -0.3 is 5.11 Å². The van der Waals surface area contributed by atoms with E-state index < -0.39 is 0 Å². The largest absolute Gasteiger partial charge is 0.392 e. The van der Waals surface area contributed by atoms with Crippen LogP contribution in [-0.2, 0) is 0 Å². The Bertz CT molecular complexity index is 672. The summed E-state index contributed by atoms with van der Waals surface area (Å²) in [4.78, 5) is 0. The van der Waals surface area contributed by atoms with E-state index in [-0.39, 0.29) is 6.61 Å². The monoisotopic (exact) mass is 398 g/mol. The summed E-state index contributed by atoms with van der Waals surface area (Å²) in [6.45, 7) is 12.4. The molecule has 0 aliphatic heterocycles. The third-order valence-corrected chi connectivity index (χ3v) is 10.7. The second-order valence-electron chi connectivity index (χ2n) is 12.0. The molecule has 7 atom stereocenters. The fourth-order valence-corrected chi connectivity index (χ4v) is 8.51. The lowest BCUT2D eigenvalue weighted by molar-refractivity contribution is -0.00781. The number of aliphatic hydroxyl groups excluding tert-OH is 1. The SMILES string of the molecule is CC(CO)=C(C)CCC(C)[C@H]1CC[C@H]2C3=CCC4CCCC[C@]4(C)[C@H]3CC[C@]12C. The molecule has 4 rings (SSSR count). The molecular formula is C28H46O. The molecule has 0 bridgehead atoms. The van der Waals surface area contributed by atoms with Crippen LogP contribution in [0.25, 0.3) is 0 Å². The Hall–Kier alpha value is -0.560. The van der Waals surface area contributed by atoms with Crippen molar-refractivity contribution in [1.82, 2.24) is 0 Å². The number of fused-ring (bicyclic) bond motifs is 5. The lowest BCUT2D eigenvalue weighted by atomic mass is 9.48. The highest BCUT2D eigenvalue weighted by Gasteiger charge is 2.57. The zero-order valence-corrected chi connectivity index (χ0v) is 19.9. The molecule has 3 fully saturated rings. The number of hydrogen-bond donors (Lipinski definition) is 1. The van der Waals surface area contributed by atoms with E-state index >= 15 is 0 Å². The van der Waals surface area contributed by atoms with Gasteiger partial charge in [-0.25, -0.2) is 0 Å². The van der Waals surface area contributed by atoms with Crippen molar-refractivity contribution in [3.63, 3.8) is 0 Å². The highest BCUT2D eigenvalue weighted by molar-refractivity contribution is 5.27. The molecule has 4 aliphatic carbocycles. The quantitative estimate of drug-likeness (QED) is 0.470. The minimum absolute atomic E-state index is 0.221. The molecule has 0 radical (unpaired) electrons. The summed E-state index contributed by atoms with van der Waals surface area (Å²) in [7, 11) is 0. The summed E-state index contributed by atoms with van der Waals surface area (Å²) < 4.78 is 0. The number of allylic oxidation sites excluding steroid dienone is 3. The van der Waals surface area contributed by atoms with E-state index in [1.165, 1.54) is 75.4 Å². The zero-order chi connectivity index (χ0) is 20.8. The fourth-order valence-electron chi connectivity index (χ4n) is 8.51. The molecule has 0 saturated heterocycles. The smallest absolute Gasteiger partial charge is 0.0641 e. The van der Waals surface area contributed by atoms with E-state index in [9.17, 15) is 5.11 Å². The Balaban J connectivity index is 1.50. The van der Waals surface area contributed by atoms with Gasteiger partial charge in [0, 0.05) is 0 Å². The first kappa shape index (κ1) is 21.7. The summed E-state index contributed by atoms with van der Waals surface area (Å²) in [6.07, 6.45) is 18.3. The molecule has 0 amide bonds. The van der Waals surface area contributed by atoms with Gasteiger partial charge in [-0.3, -0.25) is 0 Å². The Morgan fingerprint density at radius 1 is 1.00 bits per heavy atom. The van der Waals surface area contributed by atoms with E-state index in [2.05, 4.69) is 40.7 Å². The summed E-state index contributed by atoms with van der Waals surface area (Å²) >= 11 is 0. The van der Waals surface area contributed by atoms with Crippen LogP contribution in [0.1, 0.15) is 105 Å². The second kappa shape index (κ2) is 8.18. The van der Waals surface area contributed by atoms with Crippen molar-refractivity contribution >= 4 is 0 Å². The summed E-state index contributed by atoms with van der Waals surface area (Å²) in [5.41, 5.74) is 5.64. The molecule has 1 nitrogen and oxygen atoms in total. The highest BCUT2D eigenvalue weighted by Crippen LogP contribution is 2.66. The first-order valence-electron chi connectivity index (χ1n) is 12.8. The average Bonchev–Trinajstić information content (AvgIpc) is 3.08. The standard InChI is InChI=1S/C28H46O/c1-19(21(3)18-29)9-10-20(2)24-13-14-25-23-12-11-22-8-6-7-16-27(22,4)26(23)15-17-28(24,25)5/h12,20,22,24-26,29H,6-11,13-18H2,1-5H3/t20?,22?,24-,25+,26+,27+,28-/m1/s1. The van der Waals surface area contributed by atoms with Crippen LogP contribution in [-0.4, -0.2) is 11.7 Å². The van der Waals surface area contributed by atoms with E-state index in [4.69, 9.17) is 0 Å². The van der Waals surface area contributed by atoms with Crippen molar-refractivity contribution < 1.29 is 5.11 Å². The number of hydrogen-bond acceptors (Lipinski definition) is 1. The van der Waals surface area contributed by atoms with Gasteiger partial charge in [-0.2, -0.15) is 0 Å². The molecule has 4 aliphatic rings. The Kier molecular flexibility index (Phi) is 6.11. The lowest BCUT2D eigenvalue weighted by Crippen LogP contribution is -2.48. The fraction of sp³-hybridized carbons (Fsp3) is 0.857. The molecule has 0 aromatic carbocycles. The normalized spacial score (nSPS) is 43.6. The van der Waals surface area contributed by atoms with Gasteiger partial charge in [0.05, 0.1) is 6.61 Å². The third-order valence-electron chi connectivity index (χ3n) is 10.7. The summed E-state index contributed by atoms with van der Waals surface area (Å²) in [5, 5.41) is 9.43. The van der Waals surface area contributed by atoms with Gasteiger partial charge in [-0.15, -0.1) is 0 Å². The molecule has 3 saturated carbocycles. The van der Waals surface area contributed by atoms with Gasteiger partial charge in [0.2, 0.25) is 0 Å². The molecule has 0 spiro atoms. The minimum Gasteiger partial charge on any atom is -0.392 e. The molecule has 2 unspecified atom stereocenters. The van der Waals surface area contributed by atoms with Crippen LogP contribution in [0.3, 0.4) is 0 Å². The zero-order valence-electron chi connectivity index (χ0n) is 19.9. The maximum atomic E-state index is 9.43. The predicted octanol–water partition coefficient (Wildman–Crippen LogP) is 7.70. The third kappa shape index (κ3) is 3.58. The highest BCUT2D eigenvalue weighted by atomic mass is 16.3. The number of rotatable bonds is 5. The topological polar surface area (TPSA) is 20.2 Å². The van der Waals surface area contributed by atoms with Crippen LogP contribution < -0.4 is 0 Å². The van der Waals surface area contributed by atoms with Crippen molar-refractivity contribution in [2.24, 2.45) is 40.4 Å². The van der Waals surface area contributed by atoms with Crippen LogP contribution in [0, 0.1) is 40.4 Å². The molecule has 0 aromatic heterocycles. The molecule has 1 N–H and O–H groups in total. The van der Waals surface area contributed by atoms with E-state index in [1.54, 1.807) is 0 Å². The second-order valence-corrected chi connectivity index (χ2v) is 12.0. The maximum absolute atomic E-state index is 9.43. The van der Waals surface area contributed by atoms with Crippen LogP contribution in [0.5, 0.6) is 0 Å². The Morgan fingerprint density at radius 3 is 2.52 bits per heavy atom. The van der Waals surface area contributed by atoms with E-state index in [0.29, 0.717) is 10.8 Å². The van der Waals surface area contributed by atoms with Crippen LogP contribution in [0.2, 0.25) is 0 Å². The van der Waals surface area contributed by atoms with Crippen LogP contribution >= 0.6 is 0 Å². The first-order valence-corrected chi connectivity index (χ1v) is 12.8. The van der Waals surface area contributed by atoms with Gasteiger partial charge in [0.1, 0.15) is 0 Å². The van der Waals surface area contributed by atoms with Crippen molar-refractivity contribution in [3.8, 4) is 0 Å². The minimum atomic E-state index is 0.221. The molecular weight excluding hydrogens is 352 g/mol. The van der Waals surface area contributed by atoms with Crippen LogP contribution in [0.4, 0.5) is 0 Å². The van der Waals surface area contributed by atoms with Crippen molar-refractivity contribution in [1.29, 1.82) is 0 Å². The lowest BCUT2D eigenvalue weighted by Gasteiger charge is -2.57. The average molecular weight is 399 g/mol. The first-order chi connectivity index (χ1) is 13.8. The Morgan fingerprint density at radius 2 is 1.76 bits per heavy atom. The number of aliphatic hydroxyl groups is 1. The molecule has 164 valence electrons. The Labute approximate surface area is 180 Å². The van der Waals surface area contributed by atoms with Gasteiger partial charge in [-0.1, -0.05) is 50.8 Å².